The lowest BCUT2D eigenvalue weighted by Gasteiger charge is -2.23. The first kappa shape index (κ1) is 15.3. The van der Waals surface area contributed by atoms with Crippen LogP contribution in [0.15, 0.2) is 12.1 Å². The van der Waals surface area contributed by atoms with E-state index in [1.807, 2.05) is 0 Å². The minimum Gasteiger partial charge on any atom is -0.496 e. The van der Waals surface area contributed by atoms with Gasteiger partial charge in [0, 0.05) is 0 Å². The second kappa shape index (κ2) is 7.01. The largest absolute Gasteiger partial charge is 0.496 e. The molecule has 0 saturated carbocycles. The van der Waals surface area contributed by atoms with Crippen molar-refractivity contribution < 1.29 is 4.74 Å². The average Bonchev–Trinajstić information content (AvgIpc) is 2.30. The van der Waals surface area contributed by atoms with Crippen molar-refractivity contribution in [3.05, 3.63) is 28.8 Å². The molecule has 2 rings (SSSR count). The summed E-state index contributed by atoms with van der Waals surface area (Å²) in [5.74, 6) is 1.84. The lowest BCUT2D eigenvalue weighted by molar-refractivity contribution is 0.375. The van der Waals surface area contributed by atoms with Crippen molar-refractivity contribution in [2.24, 2.45) is 5.92 Å². The lowest BCUT2D eigenvalue weighted by Crippen LogP contribution is -2.30. The Kier molecular flexibility index (Phi) is 5.97. The van der Waals surface area contributed by atoms with Crippen LogP contribution in [-0.2, 0) is 6.42 Å². The fraction of sp³-hybridized carbons (Fsp3) is 0.600. The SMILES string of the molecule is COc1c(C)cc(CC2CCCNC2)cc1C.Cl. The number of halogens is 1. The highest BCUT2D eigenvalue weighted by Crippen LogP contribution is 2.26. The van der Waals surface area contributed by atoms with Crippen molar-refractivity contribution in [1.82, 2.24) is 5.32 Å². The lowest BCUT2D eigenvalue weighted by atomic mass is 9.91. The highest BCUT2D eigenvalue weighted by atomic mass is 35.5. The second-order valence-electron chi connectivity index (χ2n) is 5.18. The van der Waals surface area contributed by atoms with Crippen LogP contribution < -0.4 is 10.1 Å². The summed E-state index contributed by atoms with van der Waals surface area (Å²) in [5.41, 5.74) is 3.96. The molecular formula is C15H24ClNO. The summed E-state index contributed by atoms with van der Waals surface area (Å²) >= 11 is 0. The maximum absolute atomic E-state index is 5.41. The van der Waals surface area contributed by atoms with Crippen molar-refractivity contribution in [3.63, 3.8) is 0 Å². The van der Waals surface area contributed by atoms with Crippen LogP contribution in [-0.4, -0.2) is 20.2 Å². The summed E-state index contributed by atoms with van der Waals surface area (Å²) < 4.78 is 5.41. The van der Waals surface area contributed by atoms with Gasteiger partial charge >= 0.3 is 0 Å². The predicted octanol–water partition coefficient (Wildman–Crippen LogP) is 3.28. The zero-order valence-corrected chi connectivity index (χ0v) is 12.4. The van der Waals surface area contributed by atoms with E-state index in [-0.39, 0.29) is 12.4 Å². The van der Waals surface area contributed by atoms with E-state index in [9.17, 15) is 0 Å². The molecule has 2 nitrogen and oxygen atoms in total. The minimum atomic E-state index is 0. The fourth-order valence-corrected chi connectivity index (χ4v) is 2.91. The molecule has 1 unspecified atom stereocenters. The van der Waals surface area contributed by atoms with Crippen LogP contribution in [0.5, 0.6) is 5.75 Å². The first-order valence-corrected chi connectivity index (χ1v) is 6.55. The third kappa shape index (κ3) is 3.63. The number of hydrogen-bond donors (Lipinski definition) is 1. The summed E-state index contributed by atoms with van der Waals surface area (Å²) in [6, 6.07) is 4.56. The summed E-state index contributed by atoms with van der Waals surface area (Å²) in [7, 11) is 1.75. The van der Waals surface area contributed by atoms with Crippen molar-refractivity contribution in [2.75, 3.05) is 20.2 Å². The van der Waals surface area contributed by atoms with Gasteiger partial charge in [-0.25, -0.2) is 0 Å². The molecule has 1 atom stereocenters. The normalized spacial score (nSPS) is 19.2. The molecule has 1 heterocycles. The molecule has 0 aliphatic carbocycles. The maximum Gasteiger partial charge on any atom is 0.124 e. The van der Waals surface area contributed by atoms with Gasteiger partial charge in [0.05, 0.1) is 7.11 Å². The molecule has 0 bridgehead atoms. The van der Waals surface area contributed by atoms with Gasteiger partial charge in [-0.05, 0) is 68.8 Å². The van der Waals surface area contributed by atoms with E-state index in [4.69, 9.17) is 4.74 Å². The minimum absolute atomic E-state index is 0. The molecule has 1 aliphatic rings. The zero-order valence-electron chi connectivity index (χ0n) is 11.6. The second-order valence-corrected chi connectivity index (χ2v) is 5.18. The number of rotatable bonds is 3. The summed E-state index contributed by atoms with van der Waals surface area (Å²) in [6.45, 7) is 6.63. The van der Waals surface area contributed by atoms with E-state index >= 15 is 0 Å². The summed E-state index contributed by atoms with van der Waals surface area (Å²) in [5, 5.41) is 3.48. The summed E-state index contributed by atoms with van der Waals surface area (Å²) in [4.78, 5) is 0. The van der Waals surface area contributed by atoms with Gasteiger partial charge in [-0.3, -0.25) is 0 Å². The van der Waals surface area contributed by atoms with Crippen molar-refractivity contribution in [3.8, 4) is 5.75 Å². The Morgan fingerprint density at radius 2 is 1.94 bits per heavy atom. The zero-order chi connectivity index (χ0) is 12.3. The topological polar surface area (TPSA) is 21.3 Å². The van der Waals surface area contributed by atoms with Crippen molar-refractivity contribution in [1.29, 1.82) is 0 Å². The number of benzene rings is 1. The van der Waals surface area contributed by atoms with E-state index in [2.05, 4.69) is 31.3 Å². The molecule has 3 heteroatoms. The Labute approximate surface area is 117 Å². The molecule has 1 aromatic carbocycles. The molecule has 0 spiro atoms. The van der Waals surface area contributed by atoms with E-state index in [0.29, 0.717) is 0 Å². The van der Waals surface area contributed by atoms with Crippen LogP contribution in [0.25, 0.3) is 0 Å². The Morgan fingerprint density at radius 1 is 1.28 bits per heavy atom. The number of aryl methyl sites for hydroxylation is 2. The molecule has 102 valence electrons. The van der Waals surface area contributed by atoms with Gasteiger partial charge in [0.25, 0.3) is 0 Å². The van der Waals surface area contributed by atoms with Gasteiger partial charge < -0.3 is 10.1 Å². The van der Waals surface area contributed by atoms with Crippen molar-refractivity contribution in [2.45, 2.75) is 33.1 Å². The molecule has 18 heavy (non-hydrogen) atoms. The van der Waals surface area contributed by atoms with Gasteiger partial charge in [0.1, 0.15) is 5.75 Å². The number of methoxy groups -OCH3 is 1. The third-order valence-electron chi connectivity index (χ3n) is 3.65. The number of nitrogens with one attached hydrogen (secondary N) is 1. The van der Waals surface area contributed by atoms with Gasteiger partial charge in [0.15, 0.2) is 0 Å². The Bertz CT molecular complexity index is 363. The number of piperidine rings is 1. The van der Waals surface area contributed by atoms with Crippen molar-refractivity contribution >= 4 is 12.4 Å². The number of hydrogen-bond acceptors (Lipinski definition) is 2. The van der Waals surface area contributed by atoms with Crippen LogP contribution in [0.2, 0.25) is 0 Å². The molecule has 1 N–H and O–H groups in total. The Hall–Kier alpha value is -0.730. The molecular weight excluding hydrogens is 246 g/mol. The third-order valence-corrected chi connectivity index (χ3v) is 3.65. The van der Waals surface area contributed by atoms with E-state index < -0.39 is 0 Å². The summed E-state index contributed by atoms with van der Waals surface area (Å²) in [6.07, 6.45) is 3.87. The first-order valence-electron chi connectivity index (χ1n) is 6.55. The highest BCUT2D eigenvalue weighted by molar-refractivity contribution is 5.85. The number of ether oxygens (including phenoxy) is 1. The monoisotopic (exact) mass is 269 g/mol. The quantitative estimate of drug-likeness (QED) is 0.909. The van der Waals surface area contributed by atoms with Gasteiger partial charge in [-0.2, -0.15) is 0 Å². The van der Waals surface area contributed by atoms with Gasteiger partial charge in [0.2, 0.25) is 0 Å². The van der Waals surface area contributed by atoms with Crippen LogP contribution in [0, 0.1) is 19.8 Å². The molecule has 1 fully saturated rings. The first-order chi connectivity index (χ1) is 8.20. The Morgan fingerprint density at radius 3 is 2.44 bits per heavy atom. The molecule has 1 saturated heterocycles. The molecule has 1 aromatic rings. The van der Waals surface area contributed by atoms with Crippen LogP contribution >= 0.6 is 12.4 Å². The van der Waals surface area contributed by atoms with E-state index in [0.717, 1.165) is 11.7 Å². The van der Waals surface area contributed by atoms with Crippen LogP contribution in [0.4, 0.5) is 0 Å². The molecule has 0 aromatic heterocycles. The Balaban J connectivity index is 0.00000162. The highest BCUT2D eigenvalue weighted by Gasteiger charge is 2.14. The molecule has 0 amide bonds. The van der Waals surface area contributed by atoms with E-state index in [1.165, 1.54) is 49.0 Å². The smallest absolute Gasteiger partial charge is 0.124 e. The molecule has 1 aliphatic heterocycles. The van der Waals surface area contributed by atoms with Crippen LogP contribution in [0.1, 0.15) is 29.5 Å². The standard InChI is InChI=1S/C15H23NO.ClH/c1-11-7-14(8-12(2)15(11)17-3)9-13-5-4-6-16-10-13;/h7-8,13,16H,4-6,9-10H2,1-3H3;1H. The average molecular weight is 270 g/mol. The molecule has 0 radical (unpaired) electrons. The van der Waals surface area contributed by atoms with Gasteiger partial charge in [-0.15, -0.1) is 12.4 Å². The maximum atomic E-state index is 5.41. The predicted molar refractivity (Wildman–Crippen MR) is 79.0 cm³/mol. The van der Waals surface area contributed by atoms with E-state index in [1.54, 1.807) is 7.11 Å². The van der Waals surface area contributed by atoms with Gasteiger partial charge in [-0.1, -0.05) is 12.1 Å². The van der Waals surface area contributed by atoms with Crippen LogP contribution in [0.3, 0.4) is 0 Å². The fourth-order valence-electron chi connectivity index (χ4n) is 2.91.